The van der Waals surface area contributed by atoms with Gasteiger partial charge in [0.2, 0.25) is 5.91 Å². The summed E-state index contributed by atoms with van der Waals surface area (Å²) in [6.45, 7) is 3.19. The normalized spacial score (nSPS) is 15.1. The maximum Gasteiger partial charge on any atom is 0.312 e. The lowest BCUT2D eigenvalue weighted by atomic mass is 9.62. The molecule has 1 aromatic rings. The highest BCUT2D eigenvalue weighted by Crippen LogP contribution is 2.44. The number of Topliss-reactive ketones (excluding diaryl/α,β-unsaturated/α-hetero) is 2. The number of amides is 3. The second-order valence-corrected chi connectivity index (χ2v) is 8.22. The van der Waals surface area contributed by atoms with Gasteiger partial charge in [-0.15, -0.1) is 0 Å². The van der Waals surface area contributed by atoms with E-state index >= 15 is 0 Å². The zero-order valence-corrected chi connectivity index (χ0v) is 18.6. The van der Waals surface area contributed by atoms with Gasteiger partial charge in [0.05, 0.1) is 5.41 Å². The van der Waals surface area contributed by atoms with Crippen LogP contribution in [0.2, 0.25) is 0 Å². The number of nitrogens with one attached hydrogen (secondary N) is 2. The highest BCUT2D eigenvalue weighted by Gasteiger charge is 2.48. The summed E-state index contributed by atoms with van der Waals surface area (Å²) in [6.07, 6.45) is 2.67. The molecule has 0 spiro atoms. The summed E-state index contributed by atoms with van der Waals surface area (Å²) in [5.41, 5.74) is 5.43. The molecule has 1 aliphatic carbocycles. The van der Waals surface area contributed by atoms with Gasteiger partial charge in [0, 0.05) is 31.5 Å². The van der Waals surface area contributed by atoms with Crippen LogP contribution in [0.3, 0.4) is 0 Å². The van der Waals surface area contributed by atoms with Crippen LogP contribution in [-0.4, -0.2) is 36.0 Å². The van der Waals surface area contributed by atoms with E-state index in [0.717, 1.165) is 12.0 Å². The smallest absolute Gasteiger partial charge is 0.312 e. The largest absolute Gasteiger partial charge is 0.461 e. The lowest BCUT2D eigenvalue weighted by Crippen LogP contribution is -2.45. The van der Waals surface area contributed by atoms with Crippen LogP contribution in [0.4, 0.5) is 10.5 Å². The topological polar surface area (TPSA) is 145 Å². The number of hydrogen-bond donors (Lipinski definition) is 3. The molecule has 0 aromatic heterocycles. The van der Waals surface area contributed by atoms with Crippen molar-refractivity contribution < 1.29 is 28.7 Å². The fraction of sp³-hybridized carbons (Fsp3) is 0.522. The summed E-state index contributed by atoms with van der Waals surface area (Å²) in [5, 5.41) is 5.28. The number of anilines is 1. The lowest BCUT2D eigenvalue weighted by Gasteiger charge is -2.38. The molecule has 0 bridgehead atoms. The van der Waals surface area contributed by atoms with E-state index in [1.807, 2.05) is 0 Å². The number of rotatable bonds is 12. The van der Waals surface area contributed by atoms with Gasteiger partial charge in [-0.2, -0.15) is 0 Å². The number of carbonyl (C=O) groups excluding carboxylic acids is 5. The number of benzene rings is 1. The maximum absolute atomic E-state index is 12.9. The quantitative estimate of drug-likeness (QED) is 0.256. The van der Waals surface area contributed by atoms with Crippen molar-refractivity contribution in [2.24, 2.45) is 17.1 Å². The van der Waals surface area contributed by atoms with Crippen LogP contribution in [0.1, 0.15) is 57.9 Å². The number of hydrogen-bond acceptors (Lipinski definition) is 6. The van der Waals surface area contributed by atoms with Gasteiger partial charge in [0.1, 0.15) is 18.2 Å². The molecule has 0 radical (unpaired) electrons. The first-order chi connectivity index (χ1) is 15.1. The summed E-state index contributed by atoms with van der Waals surface area (Å²) >= 11 is 0. The Morgan fingerprint density at radius 3 is 2.25 bits per heavy atom. The van der Waals surface area contributed by atoms with Crippen molar-refractivity contribution in [1.29, 1.82) is 0 Å². The number of ether oxygens (including phenoxy) is 1. The van der Waals surface area contributed by atoms with E-state index in [9.17, 15) is 24.0 Å². The molecule has 4 N–H and O–H groups in total. The SMILES string of the molecule is CC(=O)OCc1ccc(NC(=O)[C@H](CCCNC(N)=O)CC(=O)C2(C(C)=O)CCC2)cc1. The second-order valence-electron chi connectivity index (χ2n) is 8.22. The molecule has 1 aliphatic rings. The molecular weight excluding hydrogens is 414 g/mol. The van der Waals surface area contributed by atoms with Crippen LogP contribution in [-0.2, 0) is 30.5 Å². The van der Waals surface area contributed by atoms with Crippen molar-refractivity contribution in [3.8, 4) is 0 Å². The predicted molar refractivity (Wildman–Crippen MR) is 117 cm³/mol. The Balaban J connectivity index is 2.04. The standard InChI is InChI=1S/C23H31N3O6/c1-15(27)23(10-4-11-23)20(29)13-18(5-3-12-25-22(24)31)21(30)26-19-8-6-17(7-9-19)14-32-16(2)28/h6-9,18H,3-5,10-14H2,1-2H3,(H,26,30)(H3,24,25,31)/t18-/m1/s1. The summed E-state index contributed by atoms with van der Waals surface area (Å²) in [7, 11) is 0. The Morgan fingerprint density at radius 2 is 1.75 bits per heavy atom. The molecule has 2 rings (SSSR count). The molecule has 1 fully saturated rings. The van der Waals surface area contributed by atoms with Crippen molar-refractivity contribution >= 4 is 35.2 Å². The van der Waals surface area contributed by atoms with Crippen LogP contribution in [0, 0.1) is 11.3 Å². The molecule has 0 heterocycles. The van der Waals surface area contributed by atoms with Crippen LogP contribution < -0.4 is 16.4 Å². The lowest BCUT2D eigenvalue weighted by molar-refractivity contribution is -0.147. The number of primary amides is 1. The van der Waals surface area contributed by atoms with Crippen LogP contribution in [0.25, 0.3) is 0 Å². The van der Waals surface area contributed by atoms with E-state index in [1.165, 1.54) is 13.8 Å². The average Bonchev–Trinajstić information content (AvgIpc) is 2.68. The van der Waals surface area contributed by atoms with E-state index in [1.54, 1.807) is 24.3 Å². The molecule has 0 aliphatic heterocycles. The molecule has 174 valence electrons. The van der Waals surface area contributed by atoms with Gasteiger partial charge in [-0.3, -0.25) is 19.2 Å². The molecule has 1 atom stereocenters. The number of urea groups is 1. The number of nitrogens with two attached hydrogens (primary N) is 1. The molecule has 9 nitrogen and oxygen atoms in total. The molecule has 32 heavy (non-hydrogen) atoms. The fourth-order valence-corrected chi connectivity index (χ4v) is 3.78. The highest BCUT2D eigenvalue weighted by molar-refractivity contribution is 6.08. The Bertz CT molecular complexity index is 861. The minimum Gasteiger partial charge on any atom is -0.461 e. The highest BCUT2D eigenvalue weighted by atomic mass is 16.5. The third kappa shape index (κ3) is 6.90. The Kier molecular flexibility index (Phi) is 8.92. The predicted octanol–water partition coefficient (Wildman–Crippen LogP) is 2.47. The van der Waals surface area contributed by atoms with E-state index in [2.05, 4.69) is 10.6 Å². The van der Waals surface area contributed by atoms with Crippen molar-refractivity contribution in [2.45, 2.75) is 59.0 Å². The average molecular weight is 446 g/mol. The number of carbonyl (C=O) groups is 5. The van der Waals surface area contributed by atoms with Crippen molar-refractivity contribution in [3.05, 3.63) is 29.8 Å². The first kappa shape index (κ1) is 25.0. The van der Waals surface area contributed by atoms with Gasteiger partial charge in [0.15, 0.2) is 0 Å². The summed E-state index contributed by atoms with van der Waals surface area (Å²) < 4.78 is 4.94. The van der Waals surface area contributed by atoms with Gasteiger partial charge in [-0.25, -0.2) is 4.79 Å². The monoisotopic (exact) mass is 445 g/mol. The molecular formula is C23H31N3O6. The van der Waals surface area contributed by atoms with Crippen molar-refractivity contribution in [3.63, 3.8) is 0 Å². The molecule has 9 heteroatoms. The van der Waals surface area contributed by atoms with Gasteiger partial charge in [-0.05, 0) is 50.3 Å². The number of esters is 1. The van der Waals surface area contributed by atoms with Gasteiger partial charge >= 0.3 is 12.0 Å². The zero-order chi connectivity index (χ0) is 23.7. The van der Waals surface area contributed by atoms with E-state index in [4.69, 9.17) is 10.5 Å². The summed E-state index contributed by atoms with van der Waals surface area (Å²) in [5.74, 6) is -1.70. The third-order valence-corrected chi connectivity index (χ3v) is 5.91. The molecule has 1 saturated carbocycles. The molecule has 1 aromatic carbocycles. The number of ketones is 2. The van der Waals surface area contributed by atoms with E-state index < -0.39 is 17.4 Å². The summed E-state index contributed by atoms with van der Waals surface area (Å²) in [4.78, 5) is 59.8. The van der Waals surface area contributed by atoms with Crippen molar-refractivity contribution in [1.82, 2.24) is 5.32 Å². The van der Waals surface area contributed by atoms with Crippen LogP contribution in [0.5, 0.6) is 0 Å². The van der Waals surface area contributed by atoms with E-state index in [-0.39, 0.29) is 43.0 Å². The van der Waals surface area contributed by atoms with Gasteiger partial charge in [-0.1, -0.05) is 18.6 Å². The van der Waals surface area contributed by atoms with E-state index in [0.29, 0.717) is 31.4 Å². The molecule has 0 saturated heterocycles. The van der Waals surface area contributed by atoms with Gasteiger partial charge in [0.25, 0.3) is 0 Å². The molecule has 0 unspecified atom stereocenters. The zero-order valence-electron chi connectivity index (χ0n) is 18.6. The Morgan fingerprint density at radius 1 is 1.09 bits per heavy atom. The summed E-state index contributed by atoms with van der Waals surface area (Å²) in [6, 6.07) is 6.19. The maximum atomic E-state index is 12.9. The first-order valence-electron chi connectivity index (χ1n) is 10.7. The van der Waals surface area contributed by atoms with Crippen LogP contribution >= 0.6 is 0 Å². The van der Waals surface area contributed by atoms with Crippen molar-refractivity contribution in [2.75, 3.05) is 11.9 Å². The van der Waals surface area contributed by atoms with Crippen LogP contribution in [0.15, 0.2) is 24.3 Å². The third-order valence-electron chi connectivity index (χ3n) is 5.91. The second kappa shape index (κ2) is 11.4. The minimum atomic E-state index is -0.956. The fourth-order valence-electron chi connectivity index (χ4n) is 3.78. The Hall–Kier alpha value is -3.23. The first-order valence-corrected chi connectivity index (χ1v) is 10.7. The van der Waals surface area contributed by atoms with Gasteiger partial charge < -0.3 is 21.1 Å². The Labute approximate surface area is 187 Å². The minimum absolute atomic E-state index is 0.0352. The molecule has 3 amide bonds.